The third-order valence-electron chi connectivity index (χ3n) is 4.27. The first-order valence-electron chi connectivity index (χ1n) is 7.26. The molecule has 0 radical (unpaired) electrons. The van der Waals surface area contributed by atoms with Gasteiger partial charge in [-0.1, -0.05) is 46.3 Å². The van der Waals surface area contributed by atoms with Crippen molar-refractivity contribution in [1.29, 1.82) is 0 Å². The molecule has 0 spiro atoms. The van der Waals surface area contributed by atoms with Gasteiger partial charge in [-0.3, -0.25) is 0 Å². The van der Waals surface area contributed by atoms with Gasteiger partial charge in [0, 0.05) is 10.4 Å². The molecule has 0 saturated heterocycles. The lowest BCUT2D eigenvalue weighted by Crippen LogP contribution is -2.14. The first-order valence-corrected chi connectivity index (χ1v) is 8.49. The van der Waals surface area contributed by atoms with Crippen LogP contribution in [0.25, 0.3) is 0 Å². The van der Waals surface area contributed by atoms with Crippen LogP contribution in [0, 0.1) is 0 Å². The minimum Gasteiger partial charge on any atom is -0.497 e. The number of fused-ring (bicyclic) bond motifs is 1. The number of hydrogen-bond acceptors (Lipinski definition) is 1. The maximum Gasteiger partial charge on any atom is 0.120 e. The van der Waals surface area contributed by atoms with E-state index in [9.17, 15) is 0 Å². The molecule has 0 aliphatic heterocycles. The van der Waals surface area contributed by atoms with Crippen molar-refractivity contribution >= 4 is 27.5 Å². The normalized spacial score (nSPS) is 18.9. The van der Waals surface area contributed by atoms with Crippen LogP contribution in [0.3, 0.4) is 0 Å². The first-order chi connectivity index (χ1) is 10.2. The van der Waals surface area contributed by atoms with Gasteiger partial charge in [0.2, 0.25) is 0 Å². The van der Waals surface area contributed by atoms with Gasteiger partial charge < -0.3 is 4.74 Å². The zero-order valence-corrected chi connectivity index (χ0v) is 14.3. The van der Waals surface area contributed by atoms with Crippen LogP contribution in [0.1, 0.15) is 40.8 Å². The topological polar surface area (TPSA) is 9.23 Å². The van der Waals surface area contributed by atoms with Crippen molar-refractivity contribution in [2.75, 3.05) is 7.11 Å². The predicted molar refractivity (Wildman–Crippen MR) is 91.4 cm³/mol. The Bertz CT molecular complexity index is 641. The fourth-order valence-corrected chi connectivity index (χ4v) is 4.36. The van der Waals surface area contributed by atoms with Crippen LogP contribution in [-0.4, -0.2) is 7.11 Å². The molecule has 1 aliphatic rings. The van der Waals surface area contributed by atoms with E-state index in [1.54, 1.807) is 7.11 Å². The average Bonchev–Trinajstić information content (AvgIpc) is 2.53. The van der Waals surface area contributed by atoms with Crippen LogP contribution in [0.2, 0.25) is 0 Å². The van der Waals surface area contributed by atoms with Gasteiger partial charge in [0.15, 0.2) is 0 Å². The van der Waals surface area contributed by atoms with Gasteiger partial charge in [-0.05, 0) is 48.1 Å². The Hall–Kier alpha value is -0.990. The largest absolute Gasteiger partial charge is 0.497 e. The second kappa shape index (κ2) is 6.41. The SMILES string of the molecule is COc1ccc(C(Cl)C2CCCc3ccccc32)c(Br)c1. The van der Waals surface area contributed by atoms with Gasteiger partial charge in [0.25, 0.3) is 0 Å². The third kappa shape index (κ3) is 2.97. The molecule has 21 heavy (non-hydrogen) atoms. The Balaban J connectivity index is 1.94. The zero-order chi connectivity index (χ0) is 14.8. The molecule has 0 saturated carbocycles. The molecule has 110 valence electrons. The number of ether oxygens (including phenoxy) is 1. The highest BCUT2D eigenvalue weighted by atomic mass is 79.9. The van der Waals surface area contributed by atoms with E-state index in [2.05, 4.69) is 46.3 Å². The fourth-order valence-electron chi connectivity index (χ4n) is 3.17. The predicted octanol–water partition coefficient (Wildman–Crippen LogP) is 5.86. The minimum absolute atomic E-state index is 0.0215. The molecule has 2 aromatic rings. The van der Waals surface area contributed by atoms with E-state index in [1.807, 2.05) is 12.1 Å². The summed E-state index contributed by atoms with van der Waals surface area (Å²) in [7, 11) is 1.68. The maximum absolute atomic E-state index is 6.84. The Morgan fingerprint density at radius 1 is 1.24 bits per heavy atom. The van der Waals surface area contributed by atoms with Gasteiger partial charge in [0.1, 0.15) is 5.75 Å². The smallest absolute Gasteiger partial charge is 0.120 e. The van der Waals surface area contributed by atoms with Crippen molar-refractivity contribution in [1.82, 2.24) is 0 Å². The lowest BCUT2D eigenvalue weighted by molar-refractivity contribution is 0.414. The van der Waals surface area contributed by atoms with Crippen LogP contribution in [0.5, 0.6) is 5.75 Å². The number of methoxy groups -OCH3 is 1. The van der Waals surface area contributed by atoms with E-state index in [-0.39, 0.29) is 5.38 Å². The van der Waals surface area contributed by atoms with Gasteiger partial charge in [-0.2, -0.15) is 0 Å². The molecular weight excluding hydrogens is 348 g/mol. The van der Waals surface area contributed by atoms with Crippen LogP contribution >= 0.6 is 27.5 Å². The third-order valence-corrected chi connectivity index (χ3v) is 5.50. The summed E-state index contributed by atoms with van der Waals surface area (Å²) in [5.41, 5.74) is 4.00. The van der Waals surface area contributed by atoms with Crippen molar-refractivity contribution in [3.63, 3.8) is 0 Å². The summed E-state index contributed by atoms with van der Waals surface area (Å²) >= 11 is 10.5. The van der Waals surface area contributed by atoms with Crippen LogP contribution in [-0.2, 0) is 6.42 Å². The van der Waals surface area contributed by atoms with E-state index in [0.717, 1.165) is 22.2 Å². The van der Waals surface area contributed by atoms with Crippen LogP contribution in [0.4, 0.5) is 0 Å². The number of hydrogen-bond donors (Lipinski definition) is 0. The maximum atomic E-state index is 6.84. The Morgan fingerprint density at radius 2 is 2.05 bits per heavy atom. The summed E-state index contributed by atoms with van der Waals surface area (Å²) in [6, 6.07) is 14.7. The van der Waals surface area contributed by atoms with Crippen molar-refractivity contribution in [3.05, 3.63) is 63.6 Å². The highest BCUT2D eigenvalue weighted by Crippen LogP contribution is 2.46. The molecule has 2 atom stereocenters. The van der Waals surface area contributed by atoms with E-state index in [0.29, 0.717) is 5.92 Å². The fraction of sp³-hybridized carbons (Fsp3) is 0.333. The molecule has 1 aliphatic carbocycles. The van der Waals surface area contributed by atoms with Crippen LogP contribution < -0.4 is 4.74 Å². The molecule has 0 heterocycles. The summed E-state index contributed by atoms with van der Waals surface area (Å²) in [6.07, 6.45) is 3.52. The van der Waals surface area contributed by atoms with Crippen molar-refractivity contribution < 1.29 is 4.74 Å². The monoisotopic (exact) mass is 364 g/mol. The number of alkyl halides is 1. The van der Waals surface area contributed by atoms with E-state index < -0.39 is 0 Å². The quantitative estimate of drug-likeness (QED) is 0.619. The molecule has 0 fully saturated rings. The van der Waals surface area contributed by atoms with Crippen molar-refractivity contribution in [2.24, 2.45) is 0 Å². The Labute approximate surface area is 139 Å². The molecule has 1 nitrogen and oxygen atoms in total. The second-order valence-electron chi connectivity index (χ2n) is 5.49. The summed E-state index contributed by atoms with van der Waals surface area (Å²) in [5, 5.41) is -0.0215. The lowest BCUT2D eigenvalue weighted by Gasteiger charge is -2.30. The van der Waals surface area contributed by atoms with Gasteiger partial charge >= 0.3 is 0 Å². The molecule has 0 amide bonds. The number of benzene rings is 2. The highest BCUT2D eigenvalue weighted by Gasteiger charge is 2.28. The van der Waals surface area contributed by atoms with E-state index >= 15 is 0 Å². The standard InChI is InChI=1S/C18H18BrClO/c1-21-13-9-10-16(17(19)11-13)18(20)15-8-4-6-12-5-2-3-7-14(12)15/h2-3,5,7,9-11,15,18H,4,6,8H2,1H3. The molecule has 2 unspecified atom stereocenters. The molecule has 3 rings (SSSR count). The summed E-state index contributed by atoms with van der Waals surface area (Å²) < 4.78 is 6.28. The van der Waals surface area contributed by atoms with E-state index in [4.69, 9.17) is 16.3 Å². The Kier molecular flexibility index (Phi) is 4.56. The Morgan fingerprint density at radius 3 is 2.81 bits per heavy atom. The zero-order valence-electron chi connectivity index (χ0n) is 12.0. The van der Waals surface area contributed by atoms with E-state index in [1.165, 1.54) is 24.0 Å². The minimum atomic E-state index is -0.0215. The van der Waals surface area contributed by atoms with Gasteiger partial charge in [0.05, 0.1) is 12.5 Å². The summed E-state index contributed by atoms with van der Waals surface area (Å²) in [6.45, 7) is 0. The molecule has 0 N–H and O–H groups in total. The van der Waals surface area contributed by atoms with Crippen molar-refractivity contribution in [3.8, 4) is 5.75 Å². The summed E-state index contributed by atoms with van der Waals surface area (Å²) in [4.78, 5) is 0. The van der Waals surface area contributed by atoms with Crippen molar-refractivity contribution in [2.45, 2.75) is 30.6 Å². The molecule has 0 aromatic heterocycles. The molecular formula is C18H18BrClO. The number of rotatable bonds is 3. The second-order valence-corrected chi connectivity index (χ2v) is 6.81. The molecule has 3 heteroatoms. The lowest BCUT2D eigenvalue weighted by atomic mass is 9.79. The number of halogens is 2. The van der Waals surface area contributed by atoms with Crippen LogP contribution in [0.15, 0.2) is 46.9 Å². The van der Waals surface area contributed by atoms with Gasteiger partial charge in [-0.25, -0.2) is 0 Å². The first kappa shape index (κ1) is 14.9. The van der Waals surface area contributed by atoms with Gasteiger partial charge in [-0.15, -0.1) is 11.6 Å². The highest BCUT2D eigenvalue weighted by molar-refractivity contribution is 9.10. The summed E-state index contributed by atoms with van der Waals surface area (Å²) in [5.74, 6) is 1.22. The molecule has 2 aromatic carbocycles. The average molecular weight is 366 g/mol. The number of aryl methyl sites for hydroxylation is 1. The molecule has 0 bridgehead atoms.